The lowest BCUT2D eigenvalue weighted by atomic mass is 10.1. The Bertz CT molecular complexity index is 1230. The quantitative estimate of drug-likeness (QED) is 0.459. The molecule has 0 saturated heterocycles. The van der Waals surface area contributed by atoms with E-state index in [-0.39, 0.29) is 33.8 Å². The number of nitrogens with one attached hydrogen (secondary N) is 1. The van der Waals surface area contributed by atoms with Crippen molar-refractivity contribution >= 4 is 36.6 Å². The summed E-state index contributed by atoms with van der Waals surface area (Å²) in [6, 6.07) is 12.0. The Morgan fingerprint density at radius 2 is 1.94 bits per heavy atom. The number of aromatic nitrogens is 2. The average Bonchev–Trinajstić information content (AvgIpc) is 2.83. The number of hydrogen-bond acceptors (Lipinski definition) is 8. The molecule has 12 heteroatoms. The highest BCUT2D eigenvalue weighted by molar-refractivity contribution is 7.91. The predicted molar refractivity (Wildman–Crippen MR) is 123 cm³/mol. The van der Waals surface area contributed by atoms with E-state index >= 15 is 0 Å². The molecule has 0 saturated carbocycles. The second-order valence-corrected chi connectivity index (χ2v) is 10.0. The normalized spacial score (nSPS) is 11.7. The Kier molecular flexibility index (Phi) is 8.14. The van der Waals surface area contributed by atoms with E-state index in [1.165, 1.54) is 26.5 Å². The highest BCUT2D eigenvalue weighted by atomic mass is 32.2. The van der Waals surface area contributed by atoms with Gasteiger partial charge in [0.1, 0.15) is 5.82 Å². The molecular formula is C21H19FN5O4PS. The van der Waals surface area contributed by atoms with Gasteiger partial charge in [0.05, 0.1) is 39.8 Å². The van der Waals surface area contributed by atoms with Crippen molar-refractivity contribution in [2.24, 2.45) is 0 Å². The van der Waals surface area contributed by atoms with Crippen LogP contribution in [-0.2, 0) is 19.8 Å². The summed E-state index contributed by atoms with van der Waals surface area (Å²) < 4.78 is 36.4. The van der Waals surface area contributed by atoms with Crippen LogP contribution < -0.4 is 11.1 Å². The SMILES string of the molecule is COP(CS(=O)c1ccc(NC(=O)c2nc(-c3cc(F)ccc3C#N)cnc2N)cc1)OC. The summed E-state index contributed by atoms with van der Waals surface area (Å²) in [5.41, 5.74) is 6.77. The van der Waals surface area contributed by atoms with Gasteiger partial charge in [-0.15, -0.1) is 0 Å². The van der Waals surface area contributed by atoms with Crippen LogP contribution >= 0.6 is 8.38 Å². The molecule has 0 radical (unpaired) electrons. The standard InChI is InChI=1S/C21H19FN5O4PS/c1-30-32(31-2)12-33(29)16-7-5-15(6-8-16)26-21(28)19-20(24)25-11-18(27-19)17-9-14(22)4-3-13(17)10-23/h3-9,11H,12H2,1-2H3,(H2,24,25)(H,26,28). The van der Waals surface area contributed by atoms with E-state index in [4.69, 9.17) is 14.8 Å². The first kappa shape index (κ1) is 24.4. The van der Waals surface area contributed by atoms with Crippen molar-refractivity contribution in [2.75, 3.05) is 30.8 Å². The molecule has 2 aromatic carbocycles. The second kappa shape index (κ2) is 11.0. The minimum atomic E-state index is -1.34. The number of rotatable bonds is 8. The van der Waals surface area contributed by atoms with Gasteiger partial charge < -0.3 is 20.1 Å². The average molecular weight is 487 g/mol. The third kappa shape index (κ3) is 5.94. The number of anilines is 2. The molecule has 9 nitrogen and oxygen atoms in total. The van der Waals surface area contributed by atoms with Gasteiger partial charge in [-0.05, 0) is 42.5 Å². The molecule has 33 heavy (non-hydrogen) atoms. The molecule has 3 rings (SSSR count). The predicted octanol–water partition coefficient (Wildman–Crippen LogP) is 3.66. The number of hydrogen-bond donors (Lipinski definition) is 2. The van der Waals surface area contributed by atoms with Crippen molar-refractivity contribution < 1.29 is 22.4 Å². The summed E-state index contributed by atoms with van der Waals surface area (Å²) in [6.07, 6.45) is 1.26. The molecule has 1 aromatic heterocycles. The number of halogens is 1. The summed E-state index contributed by atoms with van der Waals surface area (Å²) in [6.45, 7) is 0. The summed E-state index contributed by atoms with van der Waals surface area (Å²) in [5, 5.41) is 11.9. The van der Waals surface area contributed by atoms with Gasteiger partial charge >= 0.3 is 0 Å². The zero-order valence-corrected chi connectivity index (χ0v) is 19.3. The minimum Gasteiger partial charge on any atom is -0.382 e. The number of carbonyl (C=O) groups excluding carboxylic acids is 1. The fraction of sp³-hybridized carbons (Fsp3) is 0.143. The van der Waals surface area contributed by atoms with Crippen LogP contribution in [0.5, 0.6) is 0 Å². The van der Waals surface area contributed by atoms with Crippen LogP contribution in [0.4, 0.5) is 15.9 Å². The number of nitrogen functional groups attached to an aromatic ring is 1. The van der Waals surface area contributed by atoms with Gasteiger partial charge in [-0.1, -0.05) is 0 Å². The molecule has 0 bridgehead atoms. The number of carbonyl (C=O) groups is 1. The van der Waals surface area contributed by atoms with E-state index in [9.17, 15) is 18.7 Å². The van der Waals surface area contributed by atoms with Crippen LogP contribution in [0.1, 0.15) is 16.1 Å². The van der Waals surface area contributed by atoms with E-state index in [0.717, 1.165) is 12.1 Å². The number of nitrogens with two attached hydrogens (primary N) is 1. The maximum Gasteiger partial charge on any atom is 0.278 e. The van der Waals surface area contributed by atoms with E-state index in [2.05, 4.69) is 15.3 Å². The van der Waals surface area contributed by atoms with Gasteiger partial charge in [-0.25, -0.2) is 14.4 Å². The van der Waals surface area contributed by atoms with Crippen LogP contribution in [0.25, 0.3) is 11.3 Å². The van der Waals surface area contributed by atoms with Crippen molar-refractivity contribution in [3.63, 3.8) is 0 Å². The molecule has 1 unspecified atom stereocenters. The minimum absolute atomic E-state index is 0.128. The maximum absolute atomic E-state index is 13.7. The summed E-state index contributed by atoms with van der Waals surface area (Å²) >= 11 is 0. The summed E-state index contributed by atoms with van der Waals surface area (Å²) in [5.74, 6) is -1.33. The molecule has 3 N–H and O–H groups in total. The highest BCUT2D eigenvalue weighted by Gasteiger charge is 2.18. The van der Waals surface area contributed by atoms with E-state index in [0.29, 0.717) is 10.6 Å². The van der Waals surface area contributed by atoms with Gasteiger partial charge in [0.2, 0.25) is 0 Å². The van der Waals surface area contributed by atoms with Crippen molar-refractivity contribution in [3.8, 4) is 17.3 Å². The highest BCUT2D eigenvalue weighted by Crippen LogP contribution is 2.37. The Hall–Kier alpha value is -3.29. The molecule has 0 aliphatic carbocycles. The van der Waals surface area contributed by atoms with E-state index < -0.39 is 30.9 Å². The lowest BCUT2D eigenvalue weighted by Gasteiger charge is -2.12. The van der Waals surface area contributed by atoms with Crippen molar-refractivity contribution in [3.05, 3.63) is 65.7 Å². The first-order chi connectivity index (χ1) is 15.9. The summed E-state index contributed by atoms with van der Waals surface area (Å²) in [4.78, 5) is 21.5. The fourth-order valence-electron chi connectivity index (χ4n) is 2.75. The molecule has 0 aliphatic heterocycles. The third-order valence-electron chi connectivity index (χ3n) is 4.40. The van der Waals surface area contributed by atoms with Crippen LogP contribution in [0.3, 0.4) is 0 Å². The third-order valence-corrected chi connectivity index (χ3v) is 7.79. The molecule has 3 aromatic rings. The number of benzene rings is 2. The number of nitriles is 1. The molecule has 170 valence electrons. The van der Waals surface area contributed by atoms with Crippen LogP contribution in [-0.4, -0.2) is 39.8 Å². The first-order valence-electron chi connectivity index (χ1n) is 9.34. The lowest BCUT2D eigenvalue weighted by molar-refractivity contribution is 0.102. The first-order valence-corrected chi connectivity index (χ1v) is 12.0. The number of amides is 1. The Morgan fingerprint density at radius 3 is 2.58 bits per heavy atom. The molecule has 1 heterocycles. The van der Waals surface area contributed by atoms with Crippen molar-refractivity contribution in [1.29, 1.82) is 5.26 Å². The Labute approximate surface area is 193 Å². The molecule has 1 amide bonds. The molecule has 1 atom stereocenters. The molecule has 0 spiro atoms. The van der Waals surface area contributed by atoms with E-state index in [1.54, 1.807) is 24.3 Å². The van der Waals surface area contributed by atoms with Gasteiger partial charge in [-0.2, -0.15) is 5.26 Å². The monoisotopic (exact) mass is 487 g/mol. The molecule has 0 fully saturated rings. The summed E-state index contributed by atoms with van der Waals surface area (Å²) in [7, 11) is 0.398. The zero-order valence-electron chi connectivity index (χ0n) is 17.6. The fourth-order valence-corrected chi connectivity index (χ4v) is 5.55. The van der Waals surface area contributed by atoms with Crippen LogP contribution in [0, 0.1) is 17.1 Å². The Balaban J connectivity index is 1.80. The van der Waals surface area contributed by atoms with Crippen molar-refractivity contribution in [1.82, 2.24) is 9.97 Å². The van der Waals surface area contributed by atoms with Gasteiger partial charge in [-0.3, -0.25) is 9.00 Å². The molecular weight excluding hydrogens is 468 g/mol. The Morgan fingerprint density at radius 1 is 1.24 bits per heavy atom. The lowest BCUT2D eigenvalue weighted by Crippen LogP contribution is -2.17. The van der Waals surface area contributed by atoms with Gasteiger partial charge in [0.15, 0.2) is 19.9 Å². The second-order valence-electron chi connectivity index (χ2n) is 6.44. The van der Waals surface area contributed by atoms with E-state index in [1.807, 2.05) is 6.07 Å². The number of nitrogens with zero attached hydrogens (tertiary/aromatic N) is 3. The van der Waals surface area contributed by atoms with Crippen molar-refractivity contribution in [2.45, 2.75) is 4.90 Å². The van der Waals surface area contributed by atoms with Crippen LogP contribution in [0.2, 0.25) is 0 Å². The smallest absolute Gasteiger partial charge is 0.278 e. The largest absolute Gasteiger partial charge is 0.382 e. The van der Waals surface area contributed by atoms with Gasteiger partial charge in [0, 0.05) is 30.4 Å². The van der Waals surface area contributed by atoms with Crippen LogP contribution in [0.15, 0.2) is 53.6 Å². The topological polar surface area (TPSA) is 140 Å². The maximum atomic E-state index is 13.7. The van der Waals surface area contributed by atoms with Gasteiger partial charge in [0.25, 0.3) is 5.91 Å². The molecule has 0 aliphatic rings. The zero-order chi connectivity index (χ0) is 24.0.